The SMILES string of the molecule is COc1cc(C)c(C(=O)C(C)(C)O)cc1C. The van der Waals surface area contributed by atoms with Crippen molar-refractivity contribution in [2.75, 3.05) is 7.11 Å². The summed E-state index contributed by atoms with van der Waals surface area (Å²) >= 11 is 0. The Labute approximate surface area is 96.1 Å². The second kappa shape index (κ2) is 4.26. The molecule has 0 fully saturated rings. The summed E-state index contributed by atoms with van der Waals surface area (Å²) in [7, 11) is 1.60. The first-order valence-electron chi connectivity index (χ1n) is 5.19. The lowest BCUT2D eigenvalue weighted by molar-refractivity contribution is 0.0487. The molecule has 1 aromatic rings. The lowest BCUT2D eigenvalue weighted by atomic mass is 9.92. The van der Waals surface area contributed by atoms with E-state index in [0.717, 1.165) is 16.9 Å². The van der Waals surface area contributed by atoms with Crippen molar-refractivity contribution in [3.8, 4) is 5.75 Å². The molecule has 0 aromatic heterocycles. The highest BCUT2D eigenvalue weighted by atomic mass is 16.5. The van der Waals surface area contributed by atoms with E-state index < -0.39 is 5.60 Å². The Bertz CT molecular complexity index is 414. The van der Waals surface area contributed by atoms with E-state index in [4.69, 9.17) is 4.74 Å². The third-order valence-electron chi connectivity index (χ3n) is 2.54. The van der Waals surface area contributed by atoms with Gasteiger partial charge in [0.25, 0.3) is 0 Å². The minimum atomic E-state index is -1.34. The summed E-state index contributed by atoms with van der Waals surface area (Å²) in [6.45, 7) is 6.70. The van der Waals surface area contributed by atoms with E-state index >= 15 is 0 Å². The van der Waals surface area contributed by atoms with Gasteiger partial charge >= 0.3 is 0 Å². The first-order chi connectivity index (χ1) is 7.27. The fraction of sp³-hybridized carbons (Fsp3) is 0.462. The van der Waals surface area contributed by atoms with E-state index in [-0.39, 0.29) is 5.78 Å². The number of rotatable bonds is 3. The summed E-state index contributed by atoms with van der Waals surface area (Å²) in [6.07, 6.45) is 0. The van der Waals surface area contributed by atoms with Crippen molar-refractivity contribution in [2.45, 2.75) is 33.3 Å². The topological polar surface area (TPSA) is 46.5 Å². The molecular formula is C13H18O3. The van der Waals surface area contributed by atoms with Crippen LogP contribution in [0.15, 0.2) is 12.1 Å². The molecule has 0 radical (unpaired) electrons. The first kappa shape index (κ1) is 12.7. The molecule has 0 unspecified atom stereocenters. The van der Waals surface area contributed by atoms with Crippen LogP contribution >= 0.6 is 0 Å². The highest BCUT2D eigenvalue weighted by Gasteiger charge is 2.26. The zero-order valence-electron chi connectivity index (χ0n) is 10.4. The predicted molar refractivity (Wildman–Crippen MR) is 63.1 cm³/mol. The maximum absolute atomic E-state index is 11.9. The van der Waals surface area contributed by atoms with Gasteiger partial charge in [-0.2, -0.15) is 0 Å². The van der Waals surface area contributed by atoms with Gasteiger partial charge in [0.05, 0.1) is 7.11 Å². The molecule has 0 aliphatic heterocycles. The molecule has 0 saturated carbocycles. The van der Waals surface area contributed by atoms with Gasteiger partial charge in [-0.3, -0.25) is 4.79 Å². The normalized spacial score (nSPS) is 11.4. The molecule has 0 atom stereocenters. The van der Waals surface area contributed by atoms with Gasteiger partial charge in [0.15, 0.2) is 5.78 Å². The van der Waals surface area contributed by atoms with E-state index in [1.54, 1.807) is 13.2 Å². The molecule has 1 rings (SSSR count). The summed E-state index contributed by atoms with van der Waals surface area (Å²) in [5.74, 6) is 0.487. The van der Waals surface area contributed by atoms with Crippen LogP contribution in [0.5, 0.6) is 5.75 Å². The lowest BCUT2D eigenvalue weighted by Gasteiger charge is -2.18. The monoisotopic (exact) mass is 222 g/mol. The average molecular weight is 222 g/mol. The number of carbonyl (C=O) groups is 1. The minimum absolute atomic E-state index is 0.268. The molecule has 0 amide bonds. The van der Waals surface area contributed by atoms with Gasteiger partial charge in [0.2, 0.25) is 0 Å². The third-order valence-corrected chi connectivity index (χ3v) is 2.54. The van der Waals surface area contributed by atoms with E-state index in [0.29, 0.717) is 5.56 Å². The lowest BCUT2D eigenvalue weighted by Crippen LogP contribution is -2.31. The molecular weight excluding hydrogens is 204 g/mol. The zero-order valence-corrected chi connectivity index (χ0v) is 10.4. The predicted octanol–water partition coefficient (Wildman–Crippen LogP) is 2.27. The number of hydrogen-bond donors (Lipinski definition) is 1. The molecule has 1 N–H and O–H groups in total. The van der Waals surface area contributed by atoms with Crippen molar-refractivity contribution in [1.82, 2.24) is 0 Å². The number of aryl methyl sites for hydroxylation is 2. The van der Waals surface area contributed by atoms with E-state index in [1.165, 1.54) is 13.8 Å². The maximum atomic E-state index is 11.9. The van der Waals surface area contributed by atoms with E-state index in [2.05, 4.69) is 0 Å². The fourth-order valence-corrected chi connectivity index (χ4v) is 1.58. The Kier molecular flexibility index (Phi) is 3.38. The largest absolute Gasteiger partial charge is 0.496 e. The van der Waals surface area contributed by atoms with Crippen LogP contribution in [0.4, 0.5) is 0 Å². The van der Waals surface area contributed by atoms with Crippen LogP contribution in [0.2, 0.25) is 0 Å². The number of Topliss-reactive ketones (excluding diaryl/α,β-unsaturated/α-hetero) is 1. The standard InChI is InChI=1S/C13H18O3/c1-8-7-11(16-5)9(2)6-10(8)12(14)13(3,4)15/h6-7,15H,1-5H3. The highest BCUT2D eigenvalue weighted by Crippen LogP contribution is 2.25. The number of ketones is 1. The molecule has 0 saturated heterocycles. The van der Waals surface area contributed by atoms with Gasteiger partial charge in [-0.25, -0.2) is 0 Å². The van der Waals surface area contributed by atoms with Gasteiger partial charge in [-0.05, 0) is 51.0 Å². The molecule has 1 aromatic carbocycles. The van der Waals surface area contributed by atoms with E-state index in [9.17, 15) is 9.90 Å². The Morgan fingerprint density at radius 2 is 1.81 bits per heavy atom. The molecule has 0 spiro atoms. The van der Waals surface area contributed by atoms with Gasteiger partial charge in [0.1, 0.15) is 11.4 Å². The van der Waals surface area contributed by atoms with Crippen LogP contribution < -0.4 is 4.74 Å². The second-order valence-corrected chi connectivity index (χ2v) is 4.52. The van der Waals surface area contributed by atoms with Crippen molar-refractivity contribution in [1.29, 1.82) is 0 Å². The van der Waals surface area contributed by atoms with Crippen LogP contribution in [-0.2, 0) is 0 Å². The zero-order chi connectivity index (χ0) is 12.5. The summed E-state index contributed by atoms with van der Waals surface area (Å²) < 4.78 is 5.17. The number of ether oxygens (including phenoxy) is 1. The van der Waals surface area contributed by atoms with Crippen molar-refractivity contribution in [2.24, 2.45) is 0 Å². The van der Waals surface area contributed by atoms with Crippen LogP contribution in [-0.4, -0.2) is 23.6 Å². The quantitative estimate of drug-likeness (QED) is 0.798. The second-order valence-electron chi connectivity index (χ2n) is 4.52. The fourth-order valence-electron chi connectivity index (χ4n) is 1.58. The number of benzene rings is 1. The first-order valence-corrected chi connectivity index (χ1v) is 5.19. The van der Waals surface area contributed by atoms with Crippen molar-refractivity contribution >= 4 is 5.78 Å². The molecule has 3 heteroatoms. The molecule has 0 aliphatic carbocycles. The Morgan fingerprint density at radius 1 is 1.25 bits per heavy atom. The van der Waals surface area contributed by atoms with Gasteiger partial charge < -0.3 is 9.84 Å². The van der Waals surface area contributed by atoms with Crippen molar-refractivity contribution < 1.29 is 14.6 Å². The molecule has 3 nitrogen and oxygen atoms in total. The summed E-state index contributed by atoms with van der Waals surface area (Å²) in [5.41, 5.74) is 0.910. The maximum Gasteiger partial charge on any atom is 0.194 e. The summed E-state index contributed by atoms with van der Waals surface area (Å²) in [5, 5.41) is 9.70. The Hall–Kier alpha value is -1.35. The smallest absolute Gasteiger partial charge is 0.194 e. The Morgan fingerprint density at radius 3 is 2.25 bits per heavy atom. The third kappa shape index (κ3) is 2.42. The van der Waals surface area contributed by atoms with Crippen LogP contribution in [0.1, 0.15) is 35.3 Å². The van der Waals surface area contributed by atoms with Crippen LogP contribution in [0, 0.1) is 13.8 Å². The van der Waals surface area contributed by atoms with Crippen LogP contribution in [0.25, 0.3) is 0 Å². The van der Waals surface area contributed by atoms with Gasteiger partial charge in [-0.15, -0.1) is 0 Å². The Balaban J connectivity index is 3.27. The van der Waals surface area contributed by atoms with Crippen molar-refractivity contribution in [3.63, 3.8) is 0 Å². The molecule has 0 bridgehead atoms. The molecule has 0 aliphatic rings. The molecule has 0 heterocycles. The average Bonchev–Trinajstić information content (AvgIpc) is 2.18. The van der Waals surface area contributed by atoms with Crippen molar-refractivity contribution in [3.05, 3.63) is 28.8 Å². The molecule has 88 valence electrons. The number of aliphatic hydroxyl groups is 1. The number of carbonyl (C=O) groups excluding carboxylic acids is 1. The summed E-state index contributed by atoms with van der Waals surface area (Å²) in [6, 6.07) is 3.57. The summed E-state index contributed by atoms with van der Waals surface area (Å²) in [4.78, 5) is 11.9. The number of methoxy groups -OCH3 is 1. The highest BCUT2D eigenvalue weighted by molar-refractivity contribution is 6.03. The minimum Gasteiger partial charge on any atom is -0.496 e. The van der Waals surface area contributed by atoms with Gasteiger partial charge in [0, 0.05) is 5.56 Å². The van der Waals surface area contributed by atoms with Crippen LogP contribution in [0.3, 0.4) is 0 Å². The molecule has 16 heavy (non-hydrogen) atoms. The van der Waals surface area contributed by atoms with E-state index in [1.807, 2.05) is 19.9 Å². The number of hydrogen-bond acceptors (Lipinski definition) is 3. The van der Waals surface area contributed by atoms with Gasteiger partial charge in [-0.1, -0.05) is 0 Å².